The lowest BCUT2D eigenvalue weighted by molar-refractivity contribution is 0.0943. The number of unbranched alkanes of at least 4 members (excludes halogenated alkanes) is 1. The molecule has 3 N–H and O–H groups in total. The molecule has 0 fully saturated rings. The van der Waals surface area contributed by atoms with Gasteiger partial charge in [-0.3, -0.25) is 9.59 Å². The molecule has 0 saturated carbocycles. The van der Waals surface area contributed by atoms with Crippen LogP contribution in [0.15, 0.2) is 47.5 Å². The number of benzene rings is 1. The van der Waals surface area contributed by atoms with Crippen LogP contribution >= 0.6 is 0 Å². The minimum Gasteiger partial charge on any atom is -0.494 e. The van der Waals surface area contributed by atoms with Crippen molar-refractivity contribution in [2.75, 3.05) is 13.2 Å². The molecule has 7 heteroatoms. The number of aromatic amines is 2. The molecular formula is C17H18N4O3. The van der Waals surface area contributed by atoms with Crippen LogP contribution in [0, 0.1) is 0 Å². The molecule has 3 aromatic rings. The van der Waals surface area contributed by atoms with E-state index >= 15 is 0 Å². The van der Waals surface area contributed by atoms with E-state index in [4.69, 9.17) is 4.74 Å². The zero-order valence-corrected chi connectivity index (χ0v) is 13.0. The van der Waals surface area contributed by atoms with Crippen molar-refractivity contribution < 1.29 is 9.53 Å². The first-order chi connectivity index (χ1) is 11.7. The molecule has 0 aliphatic rings. The summed E-state index contributed by atoms with van der Waals surface area (Å²) in [5, 5.41) is 3.72. The Morgan fingerprint density at radius 2 is 2.12 bits per heavy atom. The average Bonchev–Trinajstić information content (AvgIpc) is 3.12. The van der Waals surface area contributed by atoms with Crippen molar-refractivity contribution in [3.63, 3.8) is 0 Å². The molecule has 124 valence electrons. The molecule has 0 aliphatic heterocycles. The Balaban J connectivity index is 1.39. The molecule has 0 spiro atoms. The number of nitrogens with zero attached hydrogens (tertiary/aromatic N) is 1. The van der Waals surface area contributed by atoms with E-state index < -0.39 is 0 Å². The lowest BCUT2D eigenvalue weighted by Crippen LogP contribution is -2.25. The summed E-state index contributed by atoms with van der Waals surface area (Å²) in [4.78, 5) is 32.3. The summed E-state index contributed by atoms with van der Waals surface area (Å²) in [6.45, 7) is 1.13. The number of hydrogen-bond acceptors (Lipinski definition) is 4. The quantitative estimate of drug-likeness (QED) is 0.577. The van der Waals surface area contributed by atoms with Gasteiger partial charge in [-0.2, -0.15) is 0 Å². The molecule has 0 radical (unpaired) electrons. The largest absolute Gasteiger partial charge is 0.494 e. The van der Waals surface area contributed by atoms with Crippen LogP contribution in [0.3, 0.4) is 0 Å². The van der Waals surface area contributed by atoms with Crippen LogP contribution in [0.4, 0.5) is 0 Å². The molecule has 24 heavy (non-hydrogen) atoms. The van der Waals surface area contributed by atoms with E-state index in [1.165, 1.54) is 6.07 Å². The summed E-state index contributed by atoms with van der Waals surface area (Å²) in [7, 11) is 0. The Morgan fingerprint density at radius 1 is 1.21 bits per heavy atom. The monoisotopic (exact) mass is 326 g/mol. The number of hydrogen-bond donors (Lipinski definition) is 3. The smallest absolute Gasteiger partial charge is 0.287 e. The second-order valence-electron chi connectivity index (χ2n) is 5.32. The minimum absolute atomic E-state index is 0.118. The highest BCUT2D eigenvalue weighted by Crippen LogP contribution is 2.18. The van der Waals surface area contributed by atoms with Crippen molar-refractivity contribution in [1.29, 1.82) is 0 Å². The SMILES string of the molecule is O=C(NCCCCOc1ccc2[nH]c(=O)ccc2c1)c1ncc[nH]1. The second-order valence-corrected chi connectivity index (χ2v) is 5.32. The predicted octanol–water partition coefficient (Wildman–Crippen LogP) is 1.84. The maximum atomic E-state index is 11.6. The van der Waals surface area contributed by atoms with Gasteiger partial charge in [-0.1, -0.05) is 0 Å². The number of pyridine rings is 1. The van der Waals surface area contributed by atoms with Crippen LogP contribution in [0.1, 0.15) is 23.5 Å². The van der Waals surface area contributed by atoms with Gasteiger partial charge in [0.15, 0.2) is 5.82 Å². The number of amides is 1. The lowest BCUT2D eigenvalue weighted by atomic mass is 10.2. The van der Waals surface area contributed by atoms with Crippen LogP contribution in [0.5, 0.6) is 5.75 Å². The van der Waals surface area contributed by atoms with Crippen LogP contribution in [0.2, 0.25) is 0 Å². The highest BCUT2D eigenvalue weighted by molar-refractivity contribution is 5.90. The number of H-pyrrole nitrogens is 2. The summed E-state index contributed by atoms with van der Waals surface area (Å²) < 4.78 is 5.70. The minimum atomic E-state index is -0.204. The normalized spacial score (nSPS) is 10.7. The highest BCUT2D eigenvalue weighted by Gasteiger charge is 2.05. The van der Waals surface area contributed by atoms with Crippen LogP contribution in [0.25, 0.3) is 10.9 Å². The molecule has 0 atom stereocenters. The van der Waals surface area contributed by atoms with Crippen molar-refractivity contribution in [2.24, 2.45) is 0 Å². The van der Waals surface area contributed by atoms with Crippen molar-refractivity contribution in [3.05, 3.63) is 58.9 Å². The first-order valence-electron chi connectivity index (χ1n) is 7.76. The average molecular weight is 326 g/mol. The summed E-state index contributed by atoms with van der Waals surface area (Å²) in [6.07, 6.45) is 4.79. The van der Waals surface area contributed by atoms with Gasteiger partial charge in [0.25, 0.3) is 5.91 Å². The molecule has 2 aromatic heterocycles. The van der Waals surface area contributed by atoms with E-state index in [1.54, 1.807) is 18.5 Å². The van der Waals surface area contributed by atoms with Gasteiger partial charge < -0.3 is 20.0 Å². The van der Waals surface area contributed by atoms with E-state index in [9.17, 15) is 9.59 Å². The Kier molecular flexibility index (Phi) is 4.90. The van der Waals surface area contributed by atoms with Crippen molar-refractivity contribution in [3.8, 4) is 5.75 Å². The Hall–Kier alpha value is -3.09. The number of nitrogens with one attached hydrogen (secondary N) is 3. The lowest BCUT2D eigenvalue weighted by Gasteiger charge is -2.07. The molecule has 1 aromatic carbocycles. The maximum absolute atomic E-state index is 11.6. The van der Waals surface area contributed by atoms with E-state index in [1.807, 2.05) is 18.2 Å². The number of aromatic nitrogens is 3. The Morgan fingerprint density at radius 3 is 2.96 bits per heavy atom. The molecule has 2 heterocycles. The number of ether oxygens (including phenoxy) is 1. The number of rotatable bonds is 7. The summed E-state index contributed by atoms with van der Waals surface area (Å²) in [5.74, 6) is 0.874. The third-order valence-corrected chi connectivity index (χ3v) is 3.53. The molecule has 0 unspecified atom stereocenters. The standard InChI is InChI=1S/C17H18N4O3/c22-15-6-3-12-11-13(4-5-14(12)21-15)24-10-2-1-7-20-17(23)16-18-8-9-19-16/h3-6,8-9,11H,1-2,7,10H2,(H,18,19)(H,20,23)(H,21,22). The van der Waals surface area contributed by atoms with Gasteiger partial charge >= 0.3 is 0 Å². The van der Waals surface area contributed by atoms with E-state index in [0.29, 0.717) is 19.0 Å². The Bertz CT molecular complexity index is 871. The van der Waals surface area contributed by atoms with E-state index in [-0.39, 0.29) is 11.5 Å². The molecule has 3 rings (SSSR count). The molecule has 0 saturated heterocycles. The van der Waals surface area contributed by atoms with Crippen molar-refractivity contribution in [1.82, 2.24) is 20.3 Å². The highest BCUT2D eigenvalue weighted by atomic mass is 16.5. The van der Waals surface area contributed by atoms with Gasteiger partial charge in [-0.05, 0) is 37.1 Å². The first-order valence-corrected chi connectivity index (χ1v) is 7.76. The van der Waals surface area contributed by atoms with Gasteiger partial charge in [-0.25, -0.2) is 4.98 Å². The number of imidazole rings is 1. The maximum Gasteiger partial charge on any atom is 0.287 e. The number of carbonyl (C=O) groups excluding carboxylic acids is 1. The molecule has 1 amide bonds. The summed E-state index contributed by atoms with van der Waals surface area (Å²) >= 11 is 0. The van der Waals surface area contributed by atoms with Gasteiger partial charge in [-0.15, -0.1) is 0 Å². The summed E-state index contributed by atoms with van der Waals surface area (Å²) in [5.41, 5.74) is 0.670. The summed E-state index contributed by atoms with van der Waals surface area (Å²) in [6, 6.07) is 8.82. The van der Waals surface area contributed by atoms with Gasteiger partial charge in [0.2, 0.25) is 5.56 Å². The van der Waals surface area contributed by atoms with Gasteiger partial charge in [0.05, 0.1) is 6.61 Å². The van der Waals surface area contributed by atoms with E-state index in [2.05, 4.69) is 20.3 Å². The van der Waals surface area contributed by atoms with Crippen LogP contribution in [-0.4, -0.2) is 34.0 Å². The molecule has 7 nitrogen and oxygen atoms in total. The third kappa shape index (κ3) is 4.01. The fraction of sp³-hybridized carbons (Fsp3) is 0.235. The fourth-order valence-electron chi connectivity index (χ4n) is 2.31. The zero-order valence-electron chi connectivity index (χ0n) is 13.0. The van der Waals surface area contributed by atoms with Gasteiger partial charge in [0.1, 0.15) is 5.75 Å². The fourth-order valence-corrected chi connectivity index (χ4v) is 2.31. The zero-order chi connectivity index (χ0) is 16.8. The predicted molar refractivity (Wildman–Crippen MR) is 90.2 cm³/mol. The Labute approximate surface area is 138 Å². The molecular weight excluding hydrogens is 308 g/mol. The van der Waals surface area contributed by atoms with Crippen molar-refractivity contribution >= 4 is 16.8 Å². The number of fused-ring (bicyclic) bond motifs is 1. The van der Waals surface area contributed by atoms with Crippen molar-refractivity contribution in [2.45, 2.75) is 12.8 Å². The third-order valence-electron chi connectivity index (χ3n) is 3.53. The van der Waals surface area contributed by atoms with Gasteiger partial charge in [0, 0.05) is 35.9 Å². The van der Waals surface area contributed by atoms with Crippen LogP contribution in [-0.2, 0) is 0 Å². The van der Waals surface area contributed by atoms with E-state index in [0.717, 1.165) is 29.5 Å². The first kappa shape index (κ1) is 15.8. The second kappa shape index (κ2) is 7.45. The molecule has 0 aliphatic carbocycles. The number of carbonyl (C=O) groups is 1. The molecule has 0 bridgehead atoms. The topological polar surface area (TPSA) is 99.9 Å². The van der Waals surface area contributed by atoms with Crippen LogP contribution < -0.4 is 15.6 Å².